The maximum absolute atomic E-state index is 12.4. The zero-order chi connectivity index (χ0) is 16.9. The van der Waals surface area contributed by atoms with Gasteiger partial charge < -0.3 is 15.4 Å². The molecule has 6 nitrogen and oxygen atoms in total. The van der Waals surface area contributed by atoms with Gasteiger partial charge in [-0.3, -0.25) is 9.48 Å². The van der Waals surface area contributed by atoms with Crippen LogP contribution in [0.1, 0.15) is 41.9 Å². The molecule has 0 spiro atoms. The first-order valence-corrected chi connectivity index (χ1v) is 8.48. The fraction of sp³-hybridized carbons (Fsp3) is 0.444. The molecule has 1 amide bonds. The highest BCUT2D eigenvalue weighted by atomic mass is 35.5. The molecule has 1 fully saturated rings. The van der Waals surface area contributed by atoms with Gasteiger partial charge in [0.05, 0.1) is 12.6 Å². The highest BCUT2D eigenvalue weighted by molar-refractivity contribution is 6.03. The fourth-order valence-electron chi connectivity index (χ4n) is 2.94. The molecule has 0 bridgehead atoms. The molecular weight excluding hydrogens is 340 g/mol. The number of ether oxygens (including phenoxy) is 1. The van der Waals surface area contributed by atoms with Crippen molar-refractivity contribution in [2.24, 2.45) is 0 Å². The van der Waals surface area contributed by atoms with Crippen molar-refractivity contribution in [1.29, 1.82) is 0 Å². The van der Waals surface area contributed by atoms with E-state index in [-0.39, 0.29) is 18.3 Å². The Hall–Kier alpha value is -2.05. The van der Waals surface area contributed by atoms with Gasteiger partial charge in [0.2, 0.25) is 0 Å². The first kappa shape index (κ1) is 19.3. The van der Waals surface area contributed by atoms with Gasteiger partial charge in [0, 0.05) is 18.4 Å². The Kier molecular flexibility index (Phi) is 6.84. The molecule has 1 aromatic carbocycles. The minimum atomic E-state index is -0.190. The van der Waals surface area contributed by atoms with Crippen LogP contribution in [0.3, 0.4) is 0 Å². The van der Waals surface area contributed by atoms with Crippen LogP contribution < -0.4 is 15.4 Å². The number of rotatable bonds is 5. The number of piperidine rings is 1. The predicted octanol–water partition coefficient (Wildman–Crippen LogP) is 3.19. The van der Waals surface area contributed by atoms with E-state index in [9.17, 15) is 4.79 Å². The van der Waals surface area contributed by atoms with Gasteiger partial charge in [0.1, 0.15) is 5.75 Å². The number of nitrogens with zero attached hydrogens (tertiary/aromatic N) is 2. The summed E-state index contributed by atoms with van der Waals surface area (Å²) in [4.78, 5) is 12.4. The predicted molar refractivity (Wildman–Crippen MR) is 101 cm³/mol. The molecule has 2 N–H and O–H groups in total. The van der Waals surface area contributed by atoms with Crippen LogP contribution in [0.4, 0.5) is 5.69 Å². The molecule has 0 saturated carbocycles. The number of benzene rings is 1. The lowest BCUT2D eigenvalue weighted by Gasteiger charge is -2.22. The van der Waals surface area contributed by atoms with Gasteiger partial charge in [-0.25, -0.2) is 0 Å². The van der Waals surface area contributed by atoms with Crippen LogP contribution in [0.15, 0.2) is 30.5 Å². The van der Waals surface area contributed by atoms with Crippen LogP contribution >= 0.6 is 12.4 Å². The third-order valence-electron chi connectivity index (χ3n) is 4.24. The van der Waals surface area contributed by atoms with E-state index in [0.717, 1.165) is 42.9 Å². The van der Waals surface area contributed by atoms with Crippen LogP contribution in [0.2, 0.25) is 0 Å². The molecule has 3 rings (SSSR count). The normalized spacial score (nSPS) is 16.8. The van der Waals surface area contributed by atoms with Crippen molar-refractivity contribution in [1.82, 2.24) is 15.1 Å². The zero-order valence-corrected chi connectivity index (χ0v) is 15.4. The molecule has 1 unspecified atom stereocenters. The SMILES string of the molecule is CCOc1ccc(NC(=O)c2ccn(C3CCCNC3)n2)c(C)c1.Cl. The molecular formula is C18H25ClN4O2. The van der Waals surface area contributed by atoms with Gasteiger partial charge in [0.15, 0.2) is 5.69 Å². The molecule has 1 atom stereocenters. The van der Waals surface area contributed by atoms with Gasteiger partial charge in [-0.15, -0.1) is 12.4 Å². The number of aromatic nitrogens is 2. The molecule has 1 aliphatic rings. The lowest BCUT2D eigenvalue weighted by molar-refractivity contribution is 0.102. The van der Waals surface area contributed by atoms with E-state index in [1.54, 1.807) is 6.07 Å². The van der Waals surface area contributed by atoms with E-state index in [0.29, 0.717) is 18.3 Å². The van der Waals surface area contributed by atoms with Gasteiger partial charge in [-0.1, -0.05) is 0 Å². The summed E-state index contributed by atoms with van der Waals surface area (Å²) in [5.41, 5.74) is 2.18. The summed E-state index contributed by atoms with van der Waals surface area (Å²) < 4.78 is 7.36. The second kappa shape index (κ2) is 8.87. The first-order valence-electron chi connectivity index (χ1n) is 8.48. The molecule has 2 aromatic rings. The third kappa shape index (κ3) is 4.74. The molecule has 1 aromatic heterocycles. The largest absolute Gasteiger partial charge is 0.494 e. The van der Waals surface area contributed by atoms with Gasteiger partial charge >= 0.3 is 0 Å². The van der Waals surface area contributed by atoms with Gasteiger partial charge in [-0.2, -0.15) is 5.10 Å². The number of nitrogens with one attached hydrogen (secondary N) is 2. The lowest BCUT2D eigenvalue weighted by Crippen LogP contribution is -2.32. The number of amides is 1. The second-order valence-electron chi connectivity index (χ2n) is 6.05. The van der Waals surface area contributed by atoms with Crippen LogP contribution in [-0.4, -0.2) is 35.4 Å². The fourth-order valence-corrected chi connectivity index (χ4v) is 2.94. The van der Waals surface area contributed by atoms with Crippen molar-refractivity contribution < 1.29 is 9.53 Å². The Labute approximate surface area is 154 Å². The Balaban J connectivity index is 0.00000225. The Morgan fingerprint density at radius 3 is 2.96 bits per heavy atom. The van der Waals surface area contributed by atoms with Crippen molar-refractivity contribution in [3.63, 3.8) is 0 Å². The number of hydrogen-bond acceptors (Lipinski definition) is 4. The van der Waals surface area contributed by atoms with Crippen LogP contribution in [0.5, 0.6) is 5.75 Å². The van der Waals surface area contributed by atoms with Crippen LogP contribution in [-0.2, 0) is 0 Å². The van der Waals surface area contributed by atoms with Crippen LogP contribution in [0, 0.1) is 6.92 Å². The maximum Gasteiger partial charge on any atom is 0.276 e. The van der Waals surface area contributed by atoms with Crippen LogP contribution in [0.25, 0.3) is 0 Å². The van der Waals surface area contributed by atoms with E-state index in [1.165, 1.54) is 0 Å². The Morgan fingerprint density at radius 2 is 2.28 bits per heavy atom. The number of hydrogen-bond donors (Lipinski definition) is 2. The summed E-state index contributed by atoms with van der Waals surface area (Å²) in [6, 6.07) is 7.74. The first-order chi connectivity index (χ1) is 11.7. The number of carbonyl (C=O) groups excluding carboxylic acids is 1. The Bertz CT molecular complexity index is 711. The summed E-state index contributed by atoms with van der Waals surface area (Å²) in [5, 5.41) is 10.7. The highest BCUT2D eigenvalue weighted by Gasteiger charge is 2.18. The van der Waals surface area contributed by atoms with Crippen molar-refractivity contribution in [2.75, 3.05) is 25.0 Å². The van der Waals surface area contributed by atoms with E-state index >= 15 is 0 Å². The van der Waals surface area contributed by atoms with Crippen molar-refractivity contribution in [3.05, 3.63) is 41.7 Å². The summed E-state index contributed by atoms with van der Waals surface area (Å²) in [6.07, 6.45) is 4.11. The molecule has 2 heterocycles. The third-order valence-corrected chi connectivity index (χ3v) is 4.24. The number of aryl methyl sites for hydroxylation is 1. The quantitative estimate of drug-likeness (QED) is 0.855. The zero-order valence-electron chi connectivity index (χ0n) is 14.6. The Morgan fingerprint density at radius 1 is 1.44 bits per heavy atom. The topological polar surface area (TPSA) is 68.2 Å². The van der Waals surface area contributed by atoms with E-state index in [1.807, 2.05) is 42.9 Å². The smallest absolute Gasteiger partial charge is 0.276 e. The van der Waals surface area contributed by atoms with E-state index < -0.39 is 0 Å². The number of carbonyl (C=O) groups is 1. The van der Waals surface area contributed by atoms with Crippen molar-refractivity contribution in [3.8, 4) is 5.75 Å². The number of halogens is 1. The molecule has 136 valence electrons. The summed E-state index contributed by atoms with van der Waals surface area (Å²) >= 11 is 0. The molecule has 1 aliphatic heterocycles. The second-order valence-corrected chi connectivity index (χ2v) is 6.05. The summed E-state index contributed by atoms with van der Waals surface area (Å²) in [6.45, 7) is 6.48. The monoisotopic (exact) mass is 364 g/mol. The lowest BCUT2D eigenvalue weighted by atomic mass is 10.1. The minimum Gasteiger partial charge on any atom is -0.494 e. The summed E-state index contributed by atoms with van der Waals surface area (Å²) in [5.74, 6) is 0.617. The molecule has 1 saturated heterocycles. The average molecular weight is 365 g/mol. The van der Waals surface area contributed by atoms with Gasteiger partial charge in [-0.05, 0) is 63.1 Å². The summed E-state index contributed by atoms with van der Waals surface area (Å²) in [7, 11) is 0. The standard InChI is InChI=1S/C18H24N4O2.ClH/c1-3-24-15-6-7-16(13(2)11-15)20-18(23)17-8-10-22(21-17)14-5-4-9-19-12-14;/h6-8,10-11,14,19H,3-5,9,12H2,1-2H3,(H,20,23);1H. The molecule has 0 radical (unpaired) electrons. The molecule has 7 heteroatoms. The van der Waals surface area contributed by atoms with E-state index in [4.69, 9.17) is 4.74 Å². The van der Waals surface area contributed by atoms with Gasteiger partial charge in [0.25, 0.3) is 5.91 Å². The average Bonchev–Trinajstić information content (AvgIpc) is 3.08. The maximum atomic E-state index is 12.4. The van der Waals surface area contributed by atoms with Crippen molar-refractivity contribution in [2.45, 2.75) is 32.7 Å². The van der Waals surface area contributed by atoms with Crippen molar-refractivity contribution >= 4 is 24.0 Å². The molecule has 0 aliphatic carbocycles. The minimum absolute atomic E-state index is 0. The molecule has 25 heavy (non-hydrogen) atoms. The highest BCUT2D eigenvalue weighted by Crippen LogP contribution is 2.22. The van der Waals surface area contributed by atoms with E-state index in [2.05, 4.69) is 15.7 Å². The number of anilines is 1.